The number of nitrogens with zero attached hydrogens (tertiary/aromatic N) is 1. The van der Waals surface area contributed by atoms with E-state index in [1.54, 1.807) is 0 Å². The van der Waals surface area contributed by atoms with Crippen LogP contribution in [0.4, 0.5) is 5.69 Å². The third kappa shape index (κ3) is 4.65. The van der Waals surface area contributed by atoms with Crippen LogP contribution in [-0.2, 0) is 9.59 Å². The zero-order valence-corrected chi connectivity index (χ0v) is 9.86. The minimum Gasteiger partial charge on any atom is -0.506 e. The van der Waals surface area contributed by atoms with Crippen LogP contribution in [0.2, 0.25) is 5.02 Å². The molecule has 1 aromatic carbocycles. The van der Waals surface area contributed by atoms with Crippen LogP contribution in [0.15, 0.2) is 23.3 Å². The van der Waals surface area contributed by atoms with E-state index in [1.165, 1.54) is 25.1 Å². The predicted molar refractivity (Wildman–Crippen MR) is 65.5 cm³/mol. The highest BCUT2D eigenvalue weighted by molar-refractivity contribution is 6.32. The SMILES string of the molecule is CC(=O)CC(=O)/C=N/Nc1cc(Cl)ccc1O. The molecule has 0 radical (unpaired) electrons. The zero-order chi connectivity index (χ0) is 12.8. The smallest absolute Gasteiger partial charge is 0.182 e. The summed E-state index contributed by atoms with van der Waals surface area (Å²) < 4.78 is 0. The first-order chi connectivity index (χ1) is 7.99. The van der Waals surface area contributed by atoms with Gasteiger partial charge in [0.2, 0.25) is 0 Å². The van der Waals surface area contributed by atoms with Gasteiger partial charge in [0.25, 0.3) is 0 Å². The lowest BCUT2D eigenvalue weighted by Gasteiger charge is -2.03. The van der Waals surface area contributed by atoms with Crippen molar-refractivity contribution in [3.05, 3.63) is 23.2 Å². The highest BCUT2D eigenvalue weighted by atomic mass is 35.5. The van der Waals surface area contributed by atoms with Crippen molar-refractivity contribution in [2.75, 3.05) is 5.43 Å². The van der Waals surface area contributed by atoms with Crippen molar-refractivity contribution in [3.8, 4) is 5.75 Å². The Labute approximate surface area is 103 Å². The molecule has 0 atom stereocenters. The number of anilines is 1. The fourth-order valence-electron chi connectivity index (χ4n) is 1.06. The lowest BCUT2D eigenvalue weighted by molar-refractivity contribution is -0.122. The van der Waals surface area contributed by atoms with Crippen molar-refractivity contribution in [2.45, 2.75) is 13.3 Å². The van der Waals surface area contributed by atoms with Crippen LogP contribution in [0.3, 0.4) is 0 Å². The molecule has 0 aliphatic heterocycles. The maximum absolute atomic E-state index is 11.1. The molecule has 0 heterocycles. The Balaban J connectivity index is 2.61. The summed E-state index contributed by atoms with van der Waals surface area (Å²) >= 11 is 5.71. The van der Waals surface area contributed by atoms with Crippen LogP contribution in [0, 0.1) is 0 Å². The summed E-state index contributed by atoms with van der Waals surface area (Å²) in [4.78, 5) is 21.7. The molecule has 1 aromatic rings. The average Bonchev–Trinajstić information content (AvgIpc) is 2.22. The Morgan fingerprint density at radius 2 is 2.24 bits per heavy atom. The van der Waals surface area contributed by atoms with Crippen molar-refractivity contribution >= 4 is 35.1 Å². The lowest BCUT2D eigenvalue weighted by Crippen LogP contribution is -2.06. The molecule has 90 valence electrons. The fourth-order valence-corrected chi connectivity index (χ4v) is 1.23. The lowest BCUT2D eigenvalue weighted by atomic mass is 10.2. The second kappa shape index (κ2) is 6.00. The zero-order valence-electron chi connectivity index (χ0n) is 9.11. The average molecular weight is 255 g/mol. The number of Topliss-reactive ketones (excluding diaryl/α,β-unsaturated/α-hetero) is 2. The van der Waals surface area contributed by atoms with Crippen LogP contribution in [0.5, 0.6) is 5.75 Å². The number of hydrazone groups is 1. The van der Waals surface area contributed by atoms with E-state index in [-0.39, 0.29) is 23.6 Å². The van der Waals surface area contributed by atoms with Crippen molar-refractivity contribution < 1.29 is 14.7 Å². The van der Waals surface area contributed by atoms with Gasteiger partial charge in [-0.25, -0.2) is 0 Å². The third-order valence-electron chi connectivity index (χ3n) is 1.78. The van der Waals surface area contributed by atoms with Gasteiger partial charge in [-0.15, -0.1) is 0 Å². The fraction of sp³-hybridized carbons (Fsp3) is 0.182. The molecule has 0 saturated carbocycles. The van der Waals surface area contributed by atoms with Crippen LogP contribution in [-0.4, -0.2) is 22.9 Å². The van der Waals surface area contributed by atoms with Gasteiger partial charge < -0.3 is 5.11 Å². The summed E-state index contributed by atoms with van der Waals surface area (Å²) in [6.07, 6.45) is 0.800. The van der Waals surface area contributed by atoms with Gasteiger partial charge in [0.1, 0.15) is 11.5 Å². The quantitative estimate of drug-likeness (QED) is 0.365. The second-order valence-electron chi connectivity index (χ2n) is 3.38. The molecule has 0 aliphatic rings. The summed E-state index contributed by atoms with van der Waals surface area (Å²) in [7, 11) is 0. The van der Waals surface area contributed by atoms with E-state index >= 15 is 0 Å². The Morgan fingerprint density at radius 1 is 1.53 bits per heavy atom. The van der Waals surface area contributed by atoms with Crippen molar-refractivity contribution in [1.82, 2.24) is 0 Å². The van der Waals surface area contributed by atoms with E-state index in [4.69, 9.17) is 11.6 Å². The number of halogens is 1. The van der Waals surface area contributed by atoms with Crippen LogP contribution in [0.25, 0.3) is 0 Å². The first kappa shape index (κ1) is 13.2. The summed E-state index contributed by atoms with van der Waals surface area (Å²) in [5.41, 5.74) is 2.74. The number of phenols is 1. The number of carbonyl (C=O) groups is 2. The molecule has 2 N–H and O–H groups in total. The number of nitrogens with one attached hydrogen (secondary N) is 1. The normalized spacial score (nSPS) is 10.5. The number of benzene rings is 1. The van der Waals surface area contributed by atoms with Crippen molar-refractivity contribution in [3.63, 3.8) is 0 Å². The number of rotatable bonds is 5. The summed E-state index contributed by atoms with van der Waals surface area (Å²) in [6.45, 7) is 1.32. The maximum Gasteiger partial charge on any atom is 0.182 e. The van der Waals surface area contributed by atoms with Crippen LogP contribution >= 0.6 is 11.6 Å². The maximum atomic E-state index is 11.1. The van der Waals surface area contributed by atoms with Gasteiger partial charge in [0.15, 0.2) is 5.78 Å². The van der Waals surface area contributed by atoms with Crippen LogP contribution < -0.4 is 5.43 Å². The minimum absolute atomic E-state index is 0.0365. The number of ketones is 2. The molecule has 0 saturated heterocycles. The number of hydrogen-bond donors (Lipinski definition) is 2. The Bertz CT molecular complexity index is 472. The topological polar surface area (TPSA) is 78.8 Å². The Hall–Kier alpha value is -1.88. The molecule has 6 heteroatoms. The number of carbonyl (C=O) groups excluding carboxylic acids is 2. The van der Waals surface area contributed by atoms with E-state index in [9.17, 15) is 14.7 Å². The third-order valence-corrected chi connectivity index (χ3v) is 2.01. The number of aromatic hydroxyl groups is 1. The van der Waals surface area contributed by atoms with E-state index in [0.717, 1.165) is 6.21 Å². The van der Waals surface area contributed by atoms with Gasteiger partial charge in [-0.05, 0) is 25.1 Å². The first-order valence-electron chi connectivity index (χ1n) is 4.79. The van der Waals surface area contributed by atoms with E-state index < -0.39 is 5.78 Å². The van der Waals surface area contributed by atoms with Crippen molar-refractivity contribution in [2.24, 2.45) is 5.10 Å². The van der Waals surface area contributed by atoms with Gasteiger partial charge >= 0.3 is 0 Å². The molecular formula is C11H11ClN2O3. The Kier molecular flexibility index (Phi) is 4.66. The molecule has 0 fully saturated rings. The summed E-state index contributed by atoms with van der Waals surface area (Å²) in [5, 5.41) is 13.4. The molecular weight excluding hydrogens is 244 g/mol. The predicted octanol–water partition coefficient (Wildman–Crippen LogP) is 1.99. The van der Waals surface area contributed by atoms with Gasteiger partial charge in [0.05, 0.1) is 18.3 Å². The molecule has 1 rings (SSSR count). The second-order valence-corrected chi connectivity index (χ2v) is 3.81. The molecule has 5 nitrogen and oxygen atoms in total. The molecule has 0 spiro atoms. The standard InChI is InChI=1S/C11H11ClN2O3/c1-7(15)4-9(16)6-13-14-10-5-8(12)2-3-11(10)17/h2-3,5-6,14,17H,4H2,1H3/b13-6+. The molecule has 17 heavy (non-hydrogen) atoms. The monoisotopic (exact) mass is 254 g/mol. The first-order valence-corrected chi connectivity index (χ1v) is 5.16. The molecule has 0 unspecified atom stereocenters. The minimum atomic E-state index is -0.411. The summed E-state index contributed by atoms with van der Waals surface area (Å²) in [6, 6.07) is 4.38. The largest absolute Gasteiger partial charge is 0.506 e. The molecule has 0 bridgehead atoms. The Morgan fingerprint density at radius 3 is 2.88 bits per heavy atom. The highest BCUT2D eigenvalue weighted by Crippen LogP contribution is 2.26. The van der Waals surface area contributed by atoms with Crippen LogP contribution in [0.1, 0.15) is 13.3 Å². The van der Waals surface area contributed by atoms with E-state index in [0.29, 0.717) is 5.02 Å². The molecule has 0 aliphatic carbocycles. The number of hydrogen-bond acceptors (Lipinski definition) is 5. The highest BCUT2D eigenvalue weighted by Gasteiger charge is 2.02. The van der Waals surface area contributed by atoms with Gasteiger partial charge in [-0.1, -0.05) is 11.6 Å². The summed E-state index contributed by atoms with van der Waals surface area (Å²) in [5.74, 6) is -0.677. The van der Waals surface area contributed by atoms with E-state index in [1.807, 2.05) is 0 Å². The van der Waals surface area contributed by atoms with Crippen molar-refractivity contribution in [1.29, 1.82) is 0 Å². The molecule has 0 aromatic heterocycles. The van der Waals surface area contributed by atoms with Gasteiger partial charge in [0, 0.05) is 5.02 Å². The van der Waals surface area contributed by atoms with Gasteiger partial charge in [-0.3, -0.25) is 15.0 Å². The number of phenolic OH excluding ortho intramolecular Hbond substituents is 1. The molecule has 0 amide bonds. The van der Waals surface area contributed by atoms with E-state index in [2.05, 4.69) is 10.5 Å². The van der Waals surface area contributed by atoms with Gasteiger partial charge in [-0.2, -0.15) is 5.10 Å².